The molecule has 1 heterocycles. The Hall–Kier alpha value is -5.70. The number of para-hydroxylation sites is 1. The molecule has 2 aliphatic carbocycles. The number of aryl methyl sites for hydroxylation is 1. The molecule has 0 radical (unpaired) electrons. The lowest BCUT2D eigenvalue weighted by atomic mass is 9.82. The minimum atomic E-state index is -0.0989. The average Bonchev–Trinajstić information content (AvgIpc) is 3.67. The molecule has 8 aromatic rings. The topological polar surface area (TPSA) is 3.24 Å². The van der Waals surface area contributed by atoms with Gasteiger partial charge in [-0.05, 0) is 111 Å². The second-order valence-electron chi connectivity index (χ2n) is 14.4. The summed E-state index contributed by atoms with van der Waals surface area (Å²) < 4.78 is 1.35. The molecule has 51 heavy (non-hydrogen) atoms. The highest BCUT2D eigenvalue weighted by atomic mass is 32.1. The molecule has 2 heteroatoms. The van der Waals surface area contributed by atoms with Crippen LogP contribution in [0.25, 0.3) is 60.3 Å². The highest BCUT2D eigenvalue weighted by Gasteiger charge is 2.36. The molecular formula is C49H37NS. The molecule has 7 aromatic carbocycles. The van der Waals surface area contributed by atoms with Gasteiger partial charge in [-0.3, -0.25) is 0 Å². The summed E-state index contributed by atoms with van der Waals surface area (Å²) in [5.74, 6) is 0. The molecule has 0 aliphatic heterocycles. The zero-order chi connectivity index (χ0) is 34.1. The van der Waals surface area contributed by atoms with Gasteiger partial charge in [-0.15, -0.1) is 11.3 Å². The lowest BCUT2D eigenvalue weighted by Gasteiger charge is -2.31. The van der Waals surface area contributed by atoms with Crippen molar-refractivity contribution in [2.45, 2.75) is 32.1 Å². The van der Waals surface area contributed by atoms with Crippen molar-refractivity contribution in [2.75, 3.05) is 4.90 Å². The molecule has 0 bridgehead atoms. The molecule has 244 valence electrons. The number of hydrogen-bond acceptors (Lipinski definition) is 2. The summed E-state index contributed by atoms with van der Waals surface area (Å²) >= 11 is 1.92. The SMILES string of the molecule is CC1(C)c2ccccc2-c2ccc(N(c3ccccc3-c3cccc(-c4cccc5ccccc45)c3)c3cccc4sc5c(c34)CCC=C5)cc21. The van der Waals surface area contributed by atoms with Crippen molar-refractivity contribution >= 4 is 55.3 Å². The van der Waals surface area contributed by atoms with Gasteiger partial charge in [0.25, 0.3) is 0 Å². The number of fused-ring (bicyclic) bond motifs is 7. The molecule has 0 saturated carbocycles. The summed E-state index contributed by atoms with van der Waals surface area (Å²) in [7, 11) is 0. The van der Waals surface area contributed by atoms with Gasteiger partial charge in [-0.1, -0.05) is 135 Å². The fourth-order valence-electron chi connectivity index (χ4n) is 8.68. The molecule has 0 unspecified atom stereocenters. The smallest absolute Gasteiger partial charge is 0.0551 e. The average molecular weight is 672 g/mol. The molecule has 2 aliphatic rings. The number of anilines is 3. The first-order valence-electron chi connectivity index (χ1n) is 18.0. The van der Waals surface area contributed by atoms with Gasteiger partial charge in [0, 0.05) is 31.6 Å². The summed E-state index contributed by atoms with van der Waals surface area (Å²) in [5, 5.41) is 3.91. The van der Waals surface area contributed by atoms with E-state index in [1.165, 1.54) is 92.9 Å². The van der Waals surface area contributed by atoms with E-state index in [4.69, 9.17) is 0 Å². The monoisotopic (exact) mass is 671 g/mol. The van der Waals surface area contributed by atoms with Gasteiger partial charge in [-0.2, -0.15) is 0 Å². The third-order valence-electron chi connectivity index (χ3n) is 11.1. The summed E-state index contributed by atoms with van der Waals surface area (Å²) in [5.41, 5.74) is 15.3. The van der Waals surface area contributed by atoms with E-state index in [9.17, 15) is 0 Å². The molecule has 0 atom stereocenters. The summed E-state index contributed by atoms with van der Waals surface area (Å²) in [6.45, 7) is 4.75. The number of hydrogen-bond donors (Lipinski definition) is 0. The van der Waals surface area contributed by atoms with Gasteiger partial charge >= 0.3 is 0 Å². The van der Waals surface area contributed by atoms with Crippen LogP contribution in [-0.4, -0.2) is 0 Å². The van der Waals surface area contributed by atoms with Crippen molar-refractivity contribution < 1.29 is 0 Å². The number of benzene rings is 7. The maximum atomic E-state index is 2.55. The van der Waals surface area contributed by atoms with Crippen molar-refractivity contribution in [1.29, 1.82) is 0 Å². The Morgan fingerprint density at radius 1 is 0.569 bits per heavy atom. The number of nitrogens with zero attached hydrogens (tertiary/aromatic N) is 1. The first kappa shape index (κ1) is 30.2. The maximum absolute atomic E-state index is 2.55. The van der Waals surface area contributed by atoms with E-state index in [0.717, 1.165) is 12.8 Å². The largest absolute Gasteiger partial charge is 0.309 e. The Bertz CT molecular complexity index is 2680. The fraction of sp³-hybridized carbons (Fsp3) is 0.102. The van der Waals surface area contributed by atoms with E-state index in [-0.39, 0.29) is 5.41 Å². The van der Waals surface area contributed by atoms with Gasteiger partial charge in [-0.25, -0.2) is 0 Å². The van der Waals surface area contributed by atoms with Crippen LogP contribution < -0.4 is 4.90 Å². The first-order chi connectivity index (χ1) is 25.1. The van der Waals surface area contributed by atoms with Gasteiger partial charge in [0.2, 0.25) is 0 Å². The Balaban J connectivity index is 1.21. The third-order valence-corrected chi connectivity index (χ3v) is 12.3. The molecule has 0 fully saturated rings. The van der Waals surface area contributed by atoms with Crippen LogP contribution in [0, 0.1) is 0 Å². The zero-order valence-corrected chi connectivity index (χ0v) is 29.7. The van der Waals surface area contributed by atoms with Crippen LogP contribution in [0.4, 0.5) is 17.1 Å². The van der Waals surface area contributed by atoms with Crippen LogP contribution in [0.2, 0.25) is 0 Å². The van der Waals surface area contributed by atoms with E-state index in [0.29, 0.717) is 0 Å². The van der Waals surface area contributed by atoms with Crippen molar-refractivity contribution in [2.24, 2.45) is 0 Å². The normalized spacial score (nSPS) is 14.0. The van der Waals surface area contributed by atoms with Crippen LogP contribution in [0.5, 0.6) is 0 Å². The Kier molecular flexibility index (Phi) is 6.91. The third kappa shape index (κ3) is 4.74. The highest BCUT2D eigenvalue weighted by Crippen LogP contribution is 2.53. The lowest BCUT2D eigenvalue weighted by Crippen LogP contribution is -2.17. The Labute approximate surface area is 303 Å². The Morgan fingerprint density at radius 2 is 1.25 bits per heavy atom. The molecule has 1 aromatic heterocycles. The highest BCUT2D eigenvalue weighted by molar-refractivity contribution is 7.20. The van der Waals surface area contributed by atoms with Crippen LogP contribution in [0.3, 0.4) is 0 Å². The summed E-state index contributed by atoms with van der Waals surface area (Å²) in [4.78, 5) is 3.94. The standard InChI is InChI=1S/C49H37NS/c1-49(2)42-23-8-5-20-39(42)40-29-28-35(31-43(40)49)50(45-25-13-27-47-48(45)41-21-7-10-26-46(41)51-47)44-24-9-6-19-38(44)34-17-11-16-33(30-34)37-22-12-15-32-14-3-4-18-36(32)37/h3-6,8-20,22-31H,7,21H2,1-2H3. The molecular weight excluding hydrogens is 635 g/mol. The Morgan fingerprint density at radius 3 is 2.18 bits per heavy atom. The van der Waals surface area contributed by atoms with Gasteiger partial charge < -0.3 is 4.90 Å². The number of rotatable bonds is 5. The van der Waals surface area contributed by atoms with Crippen molar-refractivity contribution in [3.8, 4) is 33.4 Å². The van der Waals surface area contributed by atoms with Gasteiger partial charge in [0.1, 0.15) is 0 Å². The van der Waals surface area contributed by atoms with Crippen LogP contribution in [0.15, 0.2) is 158 Å². The fourth-order valence-corrected chi connectivity index (χ4v) is 9.89. The zero-order valence-electron chi connectivity index (χ0n) is 28.9. The lowest BCUT2D eigenvalue weighted by molar-refractivity contribution is 0.660. The number of allylic oxidation sites excluding steroid dienone is 1. The number of thiophene rings is 1. The van der Waals surface area contributed by atoms with Crippen molar-refractivity contribution in [3.63, 3.8) is 0 Å². The van der Waals surface area contributed by atoms with Crippen molar-refractivity contribution in [3.05, 3.63) is 179 Å². The van der Waals surface area contributed by atoms with E-state index >= 15 is 0 Å². The minimum Gasteiger partial charge on any atom is -0.309 e. The maximum Gasteiger partial charge on any atom is 0.0551 e. The first-order valence-corrected chi connectivity index (χ1v) is 18.8. The molecule has 0 N–H and O–H groups in total. The predicted octanol–water partition coefficient (Wildman–Crippen LogP) is 14.1. The van der Waals surface area contributed by atoms with E-state index in [1.807, 2.05) is 11.3 Å². The van der Waals surface area contributed by atoms with E-state index < -0.39 is 0 Å². The van der Waals surface area contributed by atoms with Crippen LogP contribution in [0.1, 0.15) is 41.8 Å². The van der Waals surface area contributed by atoms with Gasteiger partial charge in [0.05, 0.1) is 11.4 Å². The van der Waals surface area contributed by atoms with Crippen LogP contribution >= 0.6 is 11.3 Å². The molecule has 0 spiro atoms. The van der Waals surface area contributed by atoms with Crippen LogP contribution in [-0.2, 0) is 11.8 Å². The second-order valence-corrected chi connectivity index (χ2v) is 15.5. The molecule has 10 rings (SSSR count). The molecule has 0 saturated heterocycles. The summed E-state index contributed by atoms with van der Waals surface area (Å²) in [6, 6.07) is 56.4. The molecule has 0 amide bonds. The minimum absolute atomic E-state index is 0.0989. The second kappa shape index (κ2) is 11.7. The molecule has 1 nitrogen and oxygen atoms in total. The van der Waals surface area contributed by atoms with Crippen molar-refractivity contribution in [1.82, 2.24) is 0 Å². The quantitative estimate of drug-likeness (QED) is 0.176. The van der Waals surface area contributed by atoms with E-state index in [2.05, 4.69) is 183 Å². The summed E-state index contributed by atoms with van der Waals surface area (Å²) in [6.07, 6.45) is 6.81. The predicted molar refractivity (Wildman–Crippen MR) is 220 cm³/mol. The van der Waals surface area contributed by atoms with E-state index in [1.54, 1.807) is 0 Å². The van der Waals surface area contributed by atoms with Gasteiger partial charge in [0.15, 0.2) is 0 Å².